The van der Waals surface area contributed by atoms with Gasteiger partial charge in [-0.1, -0.05) is 12.1 Å². The zero-order valence-electron chi connectivity index (χ0n) is 18.8. The minimum Gasteiger partial charge on any atom is -0.481 e. The van der Waals surface area contributed by atoms with E-state index in [1.807, 2.05) is 36.5 Å². The van der Waals surface area contributed by atoms with Crippen molar-refractivity contribution in [2.75, 3.05) is 18.7 Å². The molecule has 2 unspecified atom stereocenters. The maximum Gasteiger partial charge on any atom is 0.304 e. The molecular weight excluding hydrogens is 436 g/mol. The summed E-state index contributed by atoms with van der Waals surface area (Å²) < 4.78 is 12.6. The third kappa shape index (κ3) is 4.99. The third-order valence-electron chi connectivity index (χ3n) is 6.35. The topological polar surface area (TPSA) is 119 Å². The first kappa shape index (κ1) is 22.2. The summed E-state index contributed by atoms with van der Waals surface area (Å²) in [5.41, 5.74) is 3.72. The number of aliphatic carboxylic acids is 1. The Kier molecular flexibility index (Phi) is 6.35. The molecular formula is C25H28N4O5. The second-order valence-electron chi connectivity index (χ2n) is 8.81. The fraction of sp³-hybridized carbons (Fsp3) is 0.400. The Labute approximate surface area is 197 Å². The molecule has 0 radical (unpaired) electrons. The Morgan fingerprint density at radius 1 is 1.21 bits per heavy atom. The van der Waals surface area contributed by atoms with Gasteiger partial charge in [0.15, 0.2) is 11.5 Å². The van der Waals surface area contributed by atoms with Crippen LogP contribution in [0.15, 0.2) is 42.7 Å². The Hall–Kier alpha value is -3.59. The van der Waals surface area contributed by atoms with Crippen LogP contribution in [0.3, 0.4) is 0 Å². The van der Waals surface area contributed by atoms with E-state index in [1.54, 1.807) is 10.9 Å². The highest BCUT2D eigenvalue weighted by atomic mass is 16.7. The summed E-state index contributed by atoms with van der Waals surface area (Å²) in [5, 5.41) is 27.8. The van der Waals surface area contributed by atoms with Crippen molar-refractivity contribution in [1.82, 2.24) is 14.8 Å². The molecule has 4 heterocycles. The van der Waals surface area contributed by atoms with Crippen molar-refractivity contribution in [2.45, 2.75) is 50.7 Å². The lowest BCUT2D eigenvalue weighted by molar-refractivity contribution is -0.137. The van der Waals surface area contributed by atoms with Gasteiger partial charge in [-0.15, -0.1) is 0 Å². The van der Waals surface area contributed by atoms with Crippen LogP contribution in [0.4, 0.5) is 5.82 Å². The van der Waals surface area contributed by atoms with Crippen LogP contribution in [0.5, 0.6) is 11.5 Å². The lowest BCUT2D eigenvalue weighted by Gasteiger charge is -2.19. The molecule has 0 aliphatic carbocycles. The second kappa shape index (κ2) is 9.72. The molecule has 2 atom stereocenters. The van der Waals surface area contributed by atoms with Crippen LogP contribution in [0.25, 0.3) is 0 Å². The maximum absolute atomic E-state index is 11.5. The van der Waals surface area contributed by atoms with E-state index in [0.29, 0.717) is 36.6 Å². The van der Waals surface area contributed by atoms with Crippen LogP contribution in [0.2, 0.25) is 0 Å². The fourth-order valence-corrected chi connectivity index (χ4v) is 4.51. The van der Waals surface area contributed by atoms with E-state index >= 15 is 0 Å². The number of rotatable bonds is 9. The third-order valence-corrected chi connectivity index (χ3v) is 6.35. The first-order chi connectivity index (χ1) is 16.5. The summed E-state index contributed by atoms with van der Waals surface area (Å²) >= 11 is 0. The highest BCUT2D eigenvalue weighted by molar-refractivity contribution is 5.68. The maximum atomic E-state index is 11.5. The van der Waals surface area contributed by atoms with Gasteiger partial charge in [0.2, 0.25) is 6.79 Å². The van der Waals surface area contributed by atoms with Gasteiger partial charge < -0.3 is 25.0 Å². The standard InChI is InChI=1S/C25H28N4O5/c30-21(20-6-4-17-2-1-9-26-25(17)28-20)7-3-16-12-27-29(13-16)14-19(11-24(31)32)18-5-8-22-23(10-18)34-15-33-22/h4-6,8,10,12-13,19,21,30H,1-3,7,9,11,14-15H2,(H,26,28)(H,31,32). The molecule has 0 fully saturated rings. The molecule has 2 aliphatic heterocycles. The van der Waals surface area contributed by atoms with Crippen LogP contribution in [0, 0.1) is 0 Å². The zero-order valence-corrected chi connectivity index (χ0v) is 18.8. The summed E-state index contributed by atoms with van der Waals surface area (Å²) in [6.07, 6.45) is 6.28. The minimum atomic E-state index is -0.870. The summed E-state index contributed by atoms with van der Waals surface area (Å²) in [4.78, 5) is 16.1. The number of nitrogens with zero attached hydrogens (tertiary/aromatic N) is 3. The molecule has 0 saturated carbocycles. The largest absolute Gasteiger partial charge is 0.481 e. The summed E-state index contributed by atoms with van der Waals surface area (Å²) in [6, 6.07) is 9.48. The van der Waals surface area contributed by atoms with Gasteiger partial charge in [-0.3, -0.25) is 9.48 Å². The Morgan fingerprint density at radius 3 is 2.97 bits per heavy atom. The normalized spacial score (nSPS) is 15.9. The zero-order chi connectivity index (χ0) is 23.5. The second-order valence-corrected chi connectivity index (χ2v) is 8.81. The molecule has 178 valence electrons. The van der Waals surface area contributed by atoms with Crippen molar-refractivity contribution in [1.29, 1.82) is 0 Å². The number of aromatic nitrogens is 3. The number of ether oxygens (including phenoxy) is 2. The van der Waals surface area contributed by atoms with E-state index < -0.39 is 12.1 Å². The number of nitrogens with one attached hydrogen (secondary N) is 1. The minimum absolute atomic E-state index is 0.0222. The molecule has 9 heteroatoms. The van der Waals surface area contributed by atoms with Crippen LogP contribution >= 0.6 is 0 Å². The Morgan fingerprint density at radius 2 is 2.09 bits per heavy atom. The molecule has 0 amide bonds. The number of aliphatic hydroxyl groups is 1. The molecule has 2 aliphatic rings. The number of benzene rings is 1. The number of hydrogen-bond donors (Lipinski definition) is 3. The van der Waals surface area contributed by atoms with Crippen molar-refractivity contribution in [3.63, 3.8) is 0 Å². The molecule has 1 aromatic carbocycles. The number of pyridine rings is 1. The highest BCUT2D eigenvalue weighted by Gasteiger charge is 2.21. The van der Waals surface area contributed by atoms with Crippen molar-refractivity contribution in [3.8, 4) is 11.5 Å². The van der Waals surface area contributed by atoms with Crippen molar-refractivity contribution in [2.24, 2.45) is 0 Å². The van der Waals surface area contributed by atoms with Gasteiger partial charge in [0.1, 0.15) is 5.82 Å². The summed E-state index contributed by atoms with van der Waals surface area (Å²) in [5.74, 6) is 1.04. The van der Waals surface area contributed by atoms with Gasteiger partial charge in [-0.25, -0.2) is 4.98 Å². The Bertz CT molecular complexity index is 1180. The number of carbonyl (C=O) groups is 1. The number of fused-ring (bicyclic) bond motifs is 2. The number of anilines is 1. The van der Waals surface area contributed by atoms with E-state index in [4.69, 9.17) is 9.47 Å². The molecule has 0 bridgehead atoms. The van der Waals surface area contributed by atoms with E-state index in [2.05, 4.69) is 15.4 Å². The van der Waals surface area contributed by atoms with Crippen LogP contribution in [-0.2, 0) is 24.2 Å². The predicted molar refractivity (Wildman–Crippen MR) is 124 cm³/mol. The average Bonchev–Trinajstić information content (AvgIpc) is 3.50. The van der Waals surface area contributed by atoms with Crippen LogP contribution < -0.4 is 14.8 Å². The molecule has 2 aromatic heterocycles. The summed E-state index contributed by atoms with van der Waals surface area (Å²) in [6.45, 7) is 1.51. The number of aliphatic hydroxyl groups excluding tert-OH is 1. The number of aryl methyl sites for hydroxylation is 2. The SMILES string of the molecule is O=C(O)CC(Cn1cc(CCC(O)c2ccc3c(n2)NCCC3)cn1)c1ccc2c(c1)OCO2. The van der Waals surface area contributed by atoms with E-state index in [9.17, 15) is 15.0 Å². The van der Waals surface area contributed by atoms with E-state index in [-0.39, 0.29) is 19.1 Å². The predicted octanol–water partition coefficient (Wildman–Crippen LogP) is 3.29. The molecule has 3 N–H and O–H groups in total. The lowest BCUT2D eigenvalue weighted by atomic mass is 9.95. The first-order valence-electron chi connectivity index (χ1n) is 11.6. The van der Waals surface area contributed by atoms with E-state index in [1.165, 1.54) is 5.56 Å². The monoisotopic (exact) mass is 464 g/mol. The molecule has 34 heavy (non-hydrogen) atoms. The molecule has 0 saturated heterocycles. The number of carboxylic acids is 1. The van der Waals surface area contributed by atoms with Gasteiger partial charge >= 0.3 is 5.97 Å². The smallest absolute Gasteiger partial charge is 0.304 e. The quantitative estimate of drug-likeness (QED) is 0.441. The van der Waals surface area contributed by atoms with Gasteiger partial charge in [-0.2, -0.15) is 5.10 Å². The number of hydrogen-bond acceptors (Lipinski definition) is 7. The van der Waals surface area contributed by atoms with Gasteiger partial charge in [-0.05, 0) is 60.6 Å². The van der Waals surface area contributed by atoms with Gasteiger partial charge in [0, 0.05) is 25.2 Å². The molecule has 3 aromatic rings. The number of carboxylic acid groups (broad SMARTS) is 1. The van der Waals surface area contributed by atoms with Gasteiger partial charge in [0.05, 0.1) is 24.4 Å². The summed E-state index contributed by atoms with van der Waals surface area (Å²) in [7, 11) is 0. The van der Waals surface area contributed by atoms with Crippen molar-refractivity contribution in [3.05, 3.63) is 65.1 Å². The highest BCUT2D eigenvalue weighted by Crippen LogP contribution is 2.36. The molecule has 5 rings (SSSR count). The van der Waals surface area contributed by atoms with Gasteiger partial charge in [0.25, 0.3) is 0 Å². The van der Waals surface area contributed by atoms with Crippen LogP contribution in [-0.4, -0.2) is 44.3 Å². The Balaban J connectivity index is 1.22. The average molecular weight is 465 g/mol. The lowest BCUT2D eigenvalue weighted by Crippen LogP contribution is -2.15. The fourth-order valence-electron chi connectivity index (χ4n) is 4.51. The van der Waals surface area contributed by atoms with Crippen LogP contribution in [0.1, 0.15) is 53.7 Å². The molecule has 9 nitrogen and oxygen atoms in total. The van der Waals surface area contributed by atoms with Crippen molar-refractivity contribution >= 4 is 11.8 Å². The van der Waals surface area contributed by atoms with Crippen molar-refractivity contribution < 1.29 is 24.5 Å². The molecule has 0 spiro atoms. The first-order valence-corrected chi connectivity index (χ1v) is 11.6. The van der Waals surface area contributed by atoms with E-state index in [0.717, 1.165) is 36.3 Å².